The summed E-state index contributed by atoms with van der Waals surface area (Å²) in [4.78, 5) is 0. The maximum atomic E-state index is 4.00. The van der Waals surface area contributed by atoms with Crippen LogP contribution >= 0.6 is 0 Å². The molecular weight excluding hydrogens is 84.1 g/mol. The van der Waals surface area contributed by atoms with Gasteiger partial charge < -0.3 is 6.92 Å². The molecule has 1 aliphatic carbocycles. The molecule has 0 amide bonds. The van der Waals surface area contributed by atoms with Crippen molar-refractivity contribution in [3.8, 4) is 0 Å². The topological polar surface area (TPSA) is 0 Å². The van der Waals surface area contributed by atoms with Crippen LogP contribution in [0.3, 0.4) is 0 Å². The van der Waals surface area contributed by atoms with E-state index in [1.165, 1.54) is 32.1 Å². The predicted octanol–water partition coefficient (Wildman–Crippen LogP) is 2.40. The average Bonchev–Trinajstić information content (AvgIpc) is 1.69. The summed E-state index contributed by atoms with van der Waals surface area (Å²) < 4.78 is 0. The quantitative estimate of drug-likeness (QED) is 0.407. The first kappa shape index (κ1) is 5.14. The lowest BCUT2D eigenvalue weighted by Crippen LogP contribution is -2.00. The Morgan fingerprint density at radius 1 is 1.00 bits per heavy atom. The molecule has 0 bridgehead atoms. The molecule has 0 heteroatoms. The van der Waals surface area contributed by atoms with Crippen molar-refractivity contribution < 1.29 is 0 Å². The van der Waals surface area contributed by atoms with Crippen molar-refractivity contribution in [3.63, 3.8) is 0 Å². The molecule has 0 spiro atoms. The maximum Gasteiger partial charge on any atom is -0.0535 e. The van der Waals surface area contributed by atoms with E-state index in [1.807, 2.05) is 0 Å². The molecule has 0 aromatic rings. The van der Waals surface area contributed by atoms with Gasteiger partial charge in [-0.3, -0.25) is 0 Å². The van der Waals surface area contributed by atoms with E-state index < -0.39 is 0 Å². The van der Waals surface area contributed by atoms with Gasteiger partial charge in [0.2, 0.25) is 0 Å². The molecule has 0 aliphatic heterocycles. The molecule has 0 N–H and O–H groups in total. The van der Waals surface area contributed by atoms with E-state index in [4.69, 9.17) is 0 Å². The van der Waals surface area contributed by atoms with Crippen molar-refractivity contribution in [2.75, 3.05) is 0 Å². The second-order valence-corrected chi connectivity index (χ2v) is 2.50. The van der Waals surface area contributed by atoms with Crippen LogP contribution in [0.1, 0.15) is 32.1 Å². The van der Waals surface area contributed by atoms with Crippen molar-refractivity contribution in [1.29, 1.82) is 0 Å². The van der Waals surface area contributed by atoms with Gasteiger partial charge in [-0.05, 0) is 0 Å². The van der Waals surface area contributed by atoms with E-state index in [0.29, 0.717) is 0 Å². The zero-order valence-corrected chi connectivity index (χ0v) is 4.82. The summed E-state index contributed by atoms with van der Waals surface area (Å²) in [5.74, 6) is 0.786. The summed E-state index contributed by atoms with van der Waals surface area (Å²) in [6.45, 7) is 4.00. The van der Waals surface area contributed by atoms with Gasteiger partial charge in [0.15, 0.2) is 0 Å². The lowest BCUT2D eigenvalue weighted by Gasteiger charge is -2.21. The highest BCUT2D eigenvalue weighted by molar-refractivity contribution is 4.65. The fourth-order valence-electron chi connectivity index (χ4n) is 1.19. The highest BCUT2D eigenvalue weighted by atomic mass is 14.1. The monoisotopic (exact) mass is 97.1 g/mol. The van der Waals surface area contributed by atoms with E-state index in [9.17, 15) is 0 Å². The molecule has 0 unspecified atom stereocenters. The first-order chi connectivity index (χ1) is 3.39. The van der Waals surface area contributed by atoms with Gasteiger partial charge in [0, 0.05) is 0 Å². The third-order valence-corrected chi connectivity index (χ3v) is 1.72. The molecule has 1 aliphatic rings. The van der Waals surface area contributed by atoms with Crippen LogP contribution in [0.15, 0.2) is 0 Å². The van der Waals surface area contributed by atoms with E-state index in [1.54, 1.807) is 0 Å². The minimum absolute atomic E-state index is 0.786. The van der Waals surface area contributed by atoms with Crippen LogP contribution in [0.5, 0.6) is 0 Å². The number of hydrogen-bond acceptors (Lipinski definition) is 0. The smallest absolute Gasteiger partial charge is 0.0535 e. The van der Waals surface area contributed by atoms with Crippen molar-refractivity contribution >= 4 is 0 Å². The van der Waals surface area contributed by atoms with Crippen molar-refractivity contribution in [1.82, 2.24) is 0 Å². The first-order valence-corrected chi connectivity index (χ1v) is 3.22. The standard InChI is InChI=1S/C7H13/c1-7-5-3-2-4-6-7/h7H,1-6H2/q-1. The highest BCUT2D eigenvalue weighted by Crippen LogP contribution is 2.21. The number of rotatable bonds is 0. The summed E-state index contributed by atoms with van der Waals surface area (Å²) in [5.41, 5.74) is 0. The first-order valence-electron chi connectivity index (χ1n) is 3.22. The molecule has 7 heavy (non-hydrogen) atoms. The molecular formula is C7H13-. The fourth-order valence-corrected chi connectivity index (χ4v) is 1.19. The Morgan fingerprint density at radius 2 is 1.57 bits per heavy atom. The van der Waals surface area contributed by atoms with Gasteiger partial charge >= 0.3 is 0 Å². The lowest BCUT2D eigenvalue weighted by atomic mass is 9.91. The molecule has 0 aromatic heterocycles. The Morgan fingerprint density at radius 3 is 1.86 bits per heavy atom. The minimum Gasteiger partial charge on any atom is -0.340 e. The van der Waals surface area contributed by atoms with Gasteiger partial charge in [-0.25, -0.2) is 0 Å². The van der Waals surface area contributed by atoms with Gasteiger partial charge in [-0.15, -0.1) is 0 Å². The molecule has 0 atom stereocenters. The molecule has 1 saturated carbocycles. The molecule has 1 fully saturated rings. The second-order valence-electron chi connectivity index (χ2n) is 2.50. The lowest BCUT2D eigenvalue weighted by molar-refractivity contribution is 0.417. The van der Waals surface area contributed by atoms with Crippen LogP contribution in [0, 0.1) is 12.8 Å². The van der Waals surface area contributed by atoms with E-state index in [-0.39, 0.29) is 0 Å². The summed E-state index contributed by atoms with van der Waals surface area (Å²) in [7, 11) is 0. The van der Waals surface area contributed by atoms with Crippen molar-refractivity contribution in [2.24, 2.45) is 5.92 Å². The Labute approximate surface area is 45.9 Å². The van der Waals surface area contributed by atoms with Crippen molar-refractivity contribution in [2.45, 2.75) is 32.1 Å². The molecule has 1 rings (SSSR count). The van der Waals surface area contributed by atoms with Crippen LogP contribution in [-0.4, -0.2) is 0 Å². The van der Waals surface area contributed by atoms with Gasteiger partial charge in [0.25, 0.3) is 0 Å². The molecule has 0 saturated heterocycles. The molecule has 42 valence electrons. The predicted molar refractivity (Wildman–Crippen MR) is 31.9 cm³/mol. The molecule has 0 radical (unpaired) electrons. The minimum atomic E-state index is 0.786. The van der Waals surface area contributed by atoms with Gasteiger partial charge in [0.05, 0.1) is 0 Å². The summed E-state index contributed by atoms with van der Waals surface area (Å²) in [5, 5.41) is 0. The molecule has 0 heterocycles. The van der Waals surface area contributed by atoms with E-state index in [0.717, 1.165) is 5.92 Å². The summed E-state index contributed by atoms with van der Waals surface area (Å²) >= 11 is 0. The van der Waals surface area contributed by atoms with Gasteiger partial charge in [0.1, 0.15) is 0 Å². The van der Waals surface area contributed by atoms with Gasteiger partial charge in [-0.2, -0.15) is 5.92 Å². The normalized spacial score (nSPS) is 25.3. The SMILES string of the molecule is [CH2-]C1CCCCC1. The largest absolute Gasteiger partial charge is 0.340 e. The summed E-state index contributed by atoms with van der Waals surface area (Å²) in [6.07, 6.45) is 7.05. The number of hydrogen-bond donors (Lipinski definition) is 0. The zero-order valence-electron chi connectivity index (χ0n) is 4.82. The zero-order chi connectivity index (χ0) is 5.11. The van der Waals surface area contributed by atoms with Crippen molar-refractivity contribution in [3.05, 3.63) is 6.92 Å². The Balaban J connectivity index is 2.12. The Kier molecular flexibility index (Phi) is 1.72. The second kappa shape index (κ2) is 2.34. The third-order valence-electron chi connectivity index (χ3n) is 1.72. The van der Waals surface area contributed by atoms with Crippen LogP contribution < -0.4 is 0 Å². The Bertz CT molecular complexity index is 42.0. The van der Waals surface area contributed by atoms with E-state index in [2.05, 4.69) is 6.92 Å². The summed E-state index contributed by atoms with van der Waals surface area (Å²) in [6, 6.07) is 0. The van der Waals surface area contributed by atoms with Crippen LogP contribution in [0.4, 0.5) is 0 Å². The maximum absolute atomic E-state index is 4.00. The Hall–Kier alpha value is 0. The average molecular weight is 97.2 g/mol. The van der Waals surface area contributed by atoms with Gasteiger partial charge in [-0.1, -0.05) is 32.1 Å². The molecule has 0 nitrogen and oxygen atoms in total. The van der Waals surface area contributed by atoms with Crippen LogP contribution in [0.25, 0.3) is 0 Å². The fraction of sp³-hybridized carbons (Fsp3) is 0.857. The van der Waals surface area contributed by atoms with Crippen LogP contribution in [0.2, 0.25) is 0 Å². The van der Waals surface area contributed by atoms with Crippen LogP contribution in [-0.2, 0) is 0 Å². The highest BCUT2D eigenvalue weighted by Gasteiger charge is 2.00. The molecule has 0 aromatic carbocycles. The third kappa shape index (κ3) is 1.50. The van der Waals surface area contributed by atoms with E-state index >= 15 is 0 Å².